The predicted molar refractivity (Wildman–Crippen MR) is 130 cm³/mol. The number of nitrogens with one attached hydrogen (secondary N) is 2. The molecule has 1 aromatic carbocycles. The van der Waals surface area contributed by atoms with Gasteiger partial charge in [0.05, 0.1) is 17.4 Å². The summed E-state index contributed by atoms with van der Waals surface area (Å²) in [6, 6.07) is 6.32. The second kappa shape index (κ2) is 8.89. The summed E-state index contributed by atoms with van der Waals surface area (Å²) in [7, 11) is -2.52. The lowest BCUT2D eigenvalue weighted by Gasteiger charge is -2.59. The monoisotopic (exact) mass is 552 g/mol. The summed E-state index contributed by atoms with van der Waals surface area (Å²) in [6.45, 7) is 0. The number of halogens is 1. The molecule has 0 radical (unpaired) electrons. The van der Waals surface area contributed by atoms with Crippen molar-refractivity contribution in [2.24, 2.45) is 23.2 Å². The Bertz CT molecular complexity index is 1070. The van der Waals surface area contributed by atoms with Crippen LogP contribution in [0.5, 0.6) is 0 Å². The Kier molecular flexibility index (Phi) is 6.34. The van der Waals surface area contributed by atoms with Gasteiger partial charge in [-0.15, -0.1) is 0 Å². The first-order valence-corrected chi connectivity index (χ1v) is 14.6. The summed E-state index contributed by atoms with van der Waals surface area (Å²) in [5.74, 6) is 0.700. The van der Waals surface area contributed by atoms with Gasteiger partial charge < -0.3 is 10.1 Å². The van der Waals surface area contributed by atoms with E-state index in [1.165, 1.54) is 13.2 Å². The Morgan fingerprint density at radius 3 is 2.29 bits per heavy atom. The van der Waals surface area contributed by atoms with Gasteiger partial charge in [0.1, 0.15) is 5.54 Å². The normalized spacial score (nSPS) is 33.9. The van der Waals surface area contributed by atoms with E-state index in [0.717, 1.165) is 51.4 Å². The van der Waals surface area contributed by atoms with E-state index in [1.54, 1.807) is 18.2 Å². The van der Waals surface area contributed by atoms with Crippen LogP contribution >= 0.6 is 15.9 Å². The maximum absolute atomic E-state index is 14.0. The summed E-state index contributed by atoms with van der Waals surface area (Å²) >= 11 is 3.33. The standard InChI is InChI=1S/C25H33BrN2O5S/c1-33-23(30)24-14-16-11-17(15-24)13-18(12-16)21(24)27-22(29)25(9-5-2-6-10-25)28-34(31,32)20-8-4-3-7-19(20)26/h3-4,7-8,16-18,21,28H,2,5-6,9-15H2,1H3,(H,27,29). The van der Waals surface area contributed by atoms with Crippen LogP contribution in [-0.4, -0.2) is 39.0 Å². The van der Waals surface area contributed by atoms with Gasteiger partial charge in [-0.25, -0.2) is 8.42 Å². The highest BCUT2D eigenvalue weighted by molar-refractivity contribution is 9.10. The van der Waals surface area contributed by atoms with E-state index in [2.05, 4.69) is 26.0 Å². The molecule has 0 heterocycles. The Labute approximate surface area is 210 Å². The van der Waals surface area contributed by atoms with Crippen LogP contribution in [0.1, 0.15) is 64.2 Å². The van der Waals surface area contributed by atoms with E-state index >= 15 is 0 Å². The quantitative estimate of drug-likeness (QED) is 0.521. The summed E-state index contributed by atoms with van der Waals surface area (Å²) in [5, 5.41) is 3.24. The lowest BCUT2D eigenvalue weighted by Crippen LogP contribution is -2.69. The first-order valence-electron chi connectivity index (χ1n) is 12.4. The highest BCUT2D eigenvalue weighted by Crippen LogP contribution is 2.60. The van der Waals surface area contributed by atoms with Crippen molar-refractivity contribution in [3.05, 3.63) is 28.7 Å². The number of esters is 1. The minimum absolute atomic E-state index is 0.119. The summed E-state index contributed by atoms with van der Waals surface area (Å²) in [6.07, 6.45) is 8.05. The second-order valence-corrected chi connectivity index (χ2v) is 13.4. The number of ether oxygens (including phenoxy) is 1. The molecule has 7 nitrogen and oxygen atoms in total. The number of carbonyl (C=O) groups is 2. The smallest absolute Gasteiger partial charge is 0.313 e. The SMILES string of the molecule is COC(=O)C12CC3CC(CC(C3)C1NC(=O)C1(NS(=O)(=O)c3ccccc3Br)CCCCC1)C2. The van der Waals surface area contributed by atoms with Crippen molar-refractivity contribution in [3.8, 4) is 0 Å². The molecule has 186 valence electrons. The highest BCUT2D eigenvalue weighted by Gasteiger charge is 2.62. The molecule has 0 spiro atoms. The number of rotatable bonds is 6. The fraction of sp³-hybridized carbons (Fsp3) is 0.680. The van der Waals surface area contributed by atoms with E-state index in [-0.39, 0.29) is 28.7 Å². The van der Waals surface area contributed by atoms with Gasteiger partial charge in [-0.3, -0.25) is 9.59 Å². The molecule has 5 aliphatic carbocycles. The van der Waals surface area contributed by atoms with Crippen LogP contribution in [0.25, 0.3) is 0 Å². The molecule has 9 heteroatoms. The molecule has 6 rings (SSSR count). The number of methoxy groups -OCH3 is 1. The van der Waals surface area contributed by atoms with E-state index in [9.17, 15) is 18.0 Å². The highest BCUT2D eigenvalue weighted by atomic mass is 79.9. The zero-order valence-corrected chi connectivity index (χ0v) is 21.9. The largest absolute Gasteiger partial charge is 0.469 e. The molecule has 0 aliphatic heterocycles. The topological polar surface area (TPSA) is 102 Å². The zero-order chi connectivity index (χ0) is 24.1. The maximum atomic E-state index is 14.0. The zero-order valence-electron chi connectivity index (χ0n) is 19.5. The molecule has 1 amide bonds. The van der Waals surface area contributed by atoms with Crippen LogP contribution < -0.4 is 10.0 Å². The minimum Gasteiger partial charge on any atom is -0.469 e. The Hall–Kier alpha value is -1.45. The van der Waals surface area contributed by atoms with Gasteiger partial charge in [-0.2, -0.15) is 4.72 Å². The third-order valence-corrected chi connectivity index (χ3v) is 11.3. The third-order valence-electron chi connectivity index (χ3n) is 8.79. The molecular weight excluding hydrogens is 520 g/mol. The third kappa shape index (κ3) is 4.01. The minimum atomic E-state index is -3.94. The molecule has 0 aromatic heterocycles. The summed E-state index contributed by atoms with van der Waals surface area (Å²) in [5.41, 5.74) is -1.92. The molecule has 5 aliphatic rings. The number of amides is 1. The van der Waals surface area contributed by atoms with Crippen LogP contribution in [0.15, 0.2) is 33.6 Å². The molecule has 3 atom stereocenters. The van der Waals surface area contributed by atoms with Crippen molar-refractivity contribution in [1.82, 2.24) is 10.0 Å². The molecule has 4 bridgehead atoms. The van der Waals surface area contributed by atoms with Gasteiger partial charge >= 0.3 is 5.97 Å². The van der Waals surface area contributed by atoms with Crippen molar-refractivity contribution in [2.45, 2.75) is 80.7 Å². The van der Waals surface area contributed by atoms with Crippen molar-refractivity contribution < 1.29 is 22.7 Å². The number of carbonyl (C=O) groups excluding carboxylic acids is 2. The van der Waals surface area contributed by atoms with Gasteiger partial charge in [0.15, 0.2) is 0 Å². The van der Waals surface area contributed by atoms with Crippen LogP contribution in [0.4, 0.5) is 0 Å². The van der Waals surface area contributed by atoms with Crippen LogP contribution in [-0.2, 0) is 24.3 Å². The number of benzene rings is 1. The molecule has 2 N–H and O–H groups in total. The molecule has 0 saturated heterocycles. The average Bonchev–Trinajstić information content (AvgIpc) is 2.80. The van der Waals surface area contributed by atoms with Crippen molar-refractivity contribution in [3.63, 3.8) is 0 Å². The van der Waals surface area contributed by atoms with Gasteiger partial charge in [0, 0.05) is 10.5 Å². The van der Waals surface area contributed by atoms with Crippen LogP contribution in [0.3, 0.4) is 0 Å². The molecule has 5 saturated carbocycles. The number of sulfonamides is 1. The molecule has 5 fully saturated rings. The second-order valence-electron chi connectivity index (χ2n) is 10.9. The van der Waals surface area contributed by atoms with E-state index in [4.69, 9.17) is 4.74 Å². The van der Waals surface area contributed by atoms with E-state index in [1.807, 2.05) is 0 Å². The first kappa shape index (κ1) is 24.3. The molecular formula is C25H33BrN2O5S. The fourth-order valence-electron chi connectivity index (χ4n) is 7.58. The lowest BCUT2D eigenvalue weighted by atomic mass is 9.47. The van der Waals surface area contributed by atoms with Crippen molar-refractivity contribution in [2.75, 3.05) is 7.11 Å². The average molecular weight is 554 g/mol. The van der Waals surface area contributed by atoms with Crippen molar-refractivity contribution in [1.29, 1.82) is 0 Å². The Morgan fingerprint density at radius 1 is 1.03 bits per heavy atom. The Morgan fingerprint density at radius 2 is 1.68 bits per heavy atom. The molecule has 34 heavy (non-hydrogen) atoms. The van der Waals surface area contributed by atoms with Gasteiger partial charge in [0.25, 0.3) is 0 Å². The number of hydrogen-bond donors (Lipinski definition) is 2. The Balaban J connectivity index is 1.45. The van der Waals surface area contributed by atoms with Crippen LogP contribution in [0.2, 0.25) is 0 Å². The summed E-state index contributed by atoms with van der Waals surface area (Å²) in [4.78, 5) is 27.2. The lowest BCUT2D eigenvalue weighted by molar-refractivity contribution is -0.175. The van der Waals surface area contributed by atoms with Gasteiger partial charge in [0.2, 0.25) is 15.9 Å². The molecule has 1 aromatic rings. The van der Waals surface area contributed by atoms with Gasteiger partial charge in [-0.05, 0) is 90.8 Å². The van der Waals surface area contributed by atoms with E-state index in [0.29, 0.717) is 29.2 Å². The fourth-order valence-corrected chi connectivity index (χ4v) is 10.0. The predicted octanol–water partition coefficient (Wildman–Crippen LogP) is 3.91. The van der Waals surface area contributed by atoms with Crippen LogP contribution in [0, 0.1) is 23.2 Å². The maximum Gasteiger partial charge on any atom is 0.313 e. The first-order chi connectivity index (χ1) is 16.2. The number of hydrogen-bond acceptors (Lipinski definition) is 5. The van der Waals surface area contributed by atoms with Gasteiger partial charge in [-0.1, -0.05) is 31.4 Å². The summed E-state index contributed by atoms with van der Waals surface area (Å²) < 4.78 is 35.3. The van der Waals surface area contributed by atoms with Crippen molar-refractivity contribution >= 4 is 37.8 Å². The van der Waals surface area contributed by atoms with E-state index < -0.39 is 21.0 Å². The molecule has 3 unspecified atom stereocenters.